The van der Waals surface area contributed by atoms with Crippen molar-refractivity contribution in [2.75, 3.05) is 16.9 Å². The van der Waals surface area contributed by atoms with Crippen molar-refractivity contribution < 1.29 is 9.21 Å². The van der Waals surface area contributed by atoms with Crippen LogP contribution in [0.2, 0.25) is 0 Å². The van der Waals surface area contributed by atoms with Gasteiger partial charge < -0.3 is 10.3 Å². The van der Waals surface area contributed by atoms with Gasteiger partial charge in [0.05, 0.1) is 5.75 Å². The van der Waals surface area contributed by atoms with Crippen LogP contribution >= 0.6 is 23.1 Å². The molecule has 8 nitrogen and oxygen atoms in total. The maximum Gasteiger partial charge on any atom is 0.302 e. The van der Waals surface area contributed by atoms with E-state index in [4.69, 9.17) is 10.3 Å². The van der Waals surface area contributed by atoms with Crippen molar-refractivity contribution in [1.29, 1.82) is 0 Å². The molecular formula is C16H14N6O2S2. The maximum absolute atomic E-state index is 12.1. The number of benzene rings is 1. The van der Waals surface area contributed by atoms with E-state index in [2.05, 4.69) is 20.5 Å². The minimum atomic E-state index is -0.260. The predicted octanol–water partition coefficient (Wildman–Crippen LogP) is 2.52. The number of hydrogen-bond donors (Lipinski definition) is 2. The first-order valence-electron chi connectivity index (χ1n) is 7.69. The SMILES string of the molecule is Nn1c(Cc2cccs2)nnc1SCC(=O)Nc1nc2ccccc2o1. The molecule has 0 bridgehead atoms. The number of aromatic nitrogens is 4. The summed E-state index contributed by atoms with van der Waals surface area (Å²) in [6.07, 6.45) is 0.608. The number of hydrogen-bond acceptors (Lipinski definition) is 8. The molecule has 0 aliphatic rings. The molecule has 0 radical (unpaired) electrons. The maximum atomic E-state index is 12.1. The predicted molar refractivity (Wildman–Crippen MR) is 101 cm³/mol. The third kappa shape index (κ3) is 3.55. The number of nitrogens with two attached hydrogens (primary N) is 1. The van der Waals surface area contributed by atoms with Crippen LogP contribution < -0.4 is 11.2 Å². The highest BCUT2D eigenvalue weighted by atomic mass is 32.2. The lowest BCUT2D eigenvalue weighted by Gasteiger charge is -2.03. The van der Waals surface area contributed by atoms with Gasteiger partial charge >= 0.3 is 6.01 Å². The Morgan fingerprint density at radius 1 is 1.27 bits per heavy atom. The average molecular weight is 386 g/mol. The largest absolute Gasteiger partial charge is 0.423 e. The van der Waals surface area contributed by atoms with Crippen LogP contribution in [0.3, 0.4) is 0 Å². The molecule has 0 spiro atoms. The molecule has 0 aliphatic carbocycles. The molecule has 10 heteroatoms. The van der Waals surface area contributed by atoms with E-state index in [0.29, 0.717) is 28.5 Å². The molecular weight excluding hydrogens is 372 g/mol. The summed E-state index contributed by atoms with van der Waals surface area (Å²) in [6, 6.07) is 11.5. The van der Waals surface area contributed by atoms with Gasteiger partial charge in [0.25, 0.3) is 0 Å². The second kappa shape index (κ2) is 7.18. The van der Waals surface area contributed by atoms with Crippen LogP contribution in [0, 0.1) is 0 Å². The summed E-state index contributed by atoms with van der Waals surface area (Å²) >= 11 is 2.83. The van der Waals surface area contributed by atoms with E-state index in [9.17, 15) is 4.79 Å². The Hall–Kier alpha value is -2.85. The van der Waals surface area contributed by atoms with Gasteiger partial charge in [-0.2, -0.15) is 4.98 Å². The smallest absolute Gasteiger partial charge is 0.302 e. The Labute approximate surface area is 156 Å². The van der Waals surface area contributed by atoms with Gasteiger partial charge in [0.15, 0.2) is 11.4 Å². The van der Waals surface area contributed by atoms with Crippen molar-refractivity contribution in [3.8, 4) is 0 Å². The molecule has 3 aromatic heterocycles. The van der Waals surface area contributed by atoms with E-state index in [-0.39, 0.29) is 17.7 Å². The first kappa shape index (κ1) is 16.6. The minimum absolute atomic E-state index is 0.118. The van der Waals surface area contributed by atoms with Crippen molar-refractivity contribution >= 4 is 46.1 Å². The van der Waals surface area contributed by atoms with Crippen LogP contribution in [0.1, 0.15) is 10.7 Å². The van der Waals surface area contributed by atoms with Crippen LogP contribution in [0.25, 0.3) is 11.1 Å². The first-order valence-corrected chi connectivity index (χ1v) is 9.55. The van der Waals surface area contributed by atoms with Gasteiger partial charge in [0.2, 0.25) is 11.1 Å². The molecule has 0 saturated carbocycles. The zero-order valence-electron chi connectivity index (χ0n) is 13.5. The highest BCUT2D eigenvalue weighted by Crippen LogP contribution is 2.20. The molecule has 0 unspecified atom stereocenters. The number of thiophene rings is 1. The molecule has 3 N–H and O–H groups in total. The lowest BCUT2D eigenvalue weighted by molar-refractivity contribution is -0.113. The number of nitrogen functional groups attached to an aromatic ring is 1. The van der Waals surface area contributed by atoms with E-state index >= 15 is 0 Å². The highest BCUT2D eigenvalue weighted by Gasteiger charge is 2.14. The van der Waals surface area contributed by atoms with Crippen molar-refractivity contribution in [1.82, 2.24) is 19.9 Å². The highest BCUT2D eigenvalue weighted by molar-refractivity contribution is 7.99. The molecule has 26 heavy (non-hydrogen) atoms. The van der Waals surface area contributed by atoms with Gasteiger partial charge in [-0.1, -0.05) is 30.0 Å². The number of nitrogens with one attached hydrogen (secondary N) is 1. The topological polar surface area (TPSA) is 112 Å². The fourth-order valence-electron chi connectivity index (χ4n) is 2.31. The van der Waals surface area contributed by atoms with E-state index in [1.165, 1.54) is 16.4 Å². The number of nitrogens with zero attached hydrogens (tertiary/aromatic N) is 4. The summed E-state index contributed by atoms with van der Waals surface area (Å²) in [6.45, 7) is 0. The van der Waals surface area contributed by atoms with Crippen molar-refractivity contribution in [2.24, 2.45) is 0 Å². The summed E-state index contributed by atoms with van der Waals surface area (Å²) in [5, 5.41) is 13.2. The van der Waals surface area contributed by atoms with Crippen LogP contribution in [-0.4, -0.2) is 31.5 Å². The number of carbonyl (C=O) groups is 1. The zero-order valence-corrected chi connectivity index (χ0v) is 15.1. The van der Waals surface area contributed by atoms with Gasteiger partial charge in [0.1, 0.15) is 5.52 Å². The van der Waals surface area contributed by atoms with Crippen molar-refractivity contribution in [2.45, 2.75) is 11.6 Å². The number of carbonyl (C=O) groups excluding carboxylic acids is 1. The number of rotatable bonds is 6. The molecule has 0 atom stereocenters. The quantitative estimate of drug-likeness (QED) is 0.387. The summed E-state index contributed by atoms with van der Waals surface area (Å²) in [4.78, 5) is 17.5. The number of fused-ring (bicyclic) bond motifs is 1. The third-order valence-corrected chi connectivity index (χ3v) is 5.34. The molecule has 0 fully saturated rings. The Morgan fingerprint density at radius 2 is 2.15 bits per heavy atom. The van der Waals surface area contributed by atoms with Crippen LogP contribution in [-0.2, 0) is 11.2 Å². The molecule has 0 saturated heterocycles. The molecule has 4 rings (SSSR count). The lowest BCUT2D eigenvalue weighted by atomic mass is 10.3. The summed E-state index contributed by atoms with van der Waals surface area (Å²) in [7, 11) is 0. The molecule has 0 aliphatic heterocycles. The second-order valence-corrected chi connectivity index (χ2v) is 7.32. The molecule has 1 amide bonds. The number of amides is 1. The van der Waals surface area contributed by atoms with Crippen LogP contribution in [0.15, 0.2) is 51.4 Å². The van der Waals surface area contributed by atoms with Gasteiger partial charge in [-0.05, 0) is 23.6 Å². The third-order valence-electron chi connectivity index (χ3n) is 3.52. The van der Waals surface area contributed by atoms with E-state index in [1.54, 1.807) is 17.4 Å². The average Bonchev–Trinajstić information content (AvgIpc) is 3.35. The summed E-state index contributed by atoms with van der Waals surface area (Å²) in [5.41, 5.74) is 1.31. The number of anilines is 1. The Balaban J connectivity index is 1.36. The molecule has 132 valence electrons. The van der Waals surface area contributed by atoms with E-state index in [1.807, 2.05) is 35.7 Å². The summed E-state index contributed by atoms with van der Waals surface area (Å²) in [5.74, 6) is 6.53. The van der Waals surface area contributed by atoms with Crippen LogP contribution in [0.5, 0.6) is 0 Å². The summed E-state index contributed by atoms with van der Waals surface area (Å²) < 4.78 is 6.88. The van der Waals surface area contributed by atoms with E-state index in [0.717, 1.165) is 4.88 Å². The zero-order chi connectivity index (χ0) is 17.9. The lowest BCUT2D eigenvalue weighted by Crippen LogP contribution is -2.17. The number of para-hydroxylation sites is 2. The van der Waals surface area contributed by atoms with Crippen molar-refractivity contribution in [3.05, 3.63) is 52.5 Å². The molecule has 3 heterocycles. The van der Waals surface area contributed by atoms with Gasteiger partial charge in [-0.15, -0.1) is 21.5 Å². The fourth-order valence-corrected chi connectivity index (χ4v) is 3.68. The monoisotopic (exact) mass is 386 g/mol. The Bertz CT molecular complexity index is 1010. The Kier molecular flexibility index (Phi) is 4.59. The fraction of sp³-hybridized carbons (Fsp3) is 0.125. The van der Waals surface area contributed by atoms with Gasteiger partial charge in [0, 0.05) is 11.3 Å². The van der Waals surface area contributed by atoms with Gasteiger partial charge in [-0.3, -0.25) is 10.1 Å². The number of oxazole rings is 1. The number of thioether (sulfide) groups is 1. The van der Waals surface area contributed by atoms with Gasteiger partial charge in [-0.25, -0.2) is 4.68 Å². The van der Waals surface area contributed by atoms with Crippen LogP contribution in [0.4, 0.5) is 6.01 Å². The van der Waals surface area contributed by atoms with Crippen molar-refractivity contribution in [3.63, 3.8) is 0 Å². The Morgan fingerprint density at radius 3 is 2.96 bits per heavy atom. The first-order chi connectivity index (χ1) is 12.7. The molecule has 4 aromatic rings. The van der Waals surface area contributed by atoms with E-state index < -0.39 is 0 Å². The standard InChI is InChI=1S/C16H14N6O2S2/c17-22-13(8-10-4-3-7-25-10)20-21-16(22)26-9-14(23)19-15-18-11-5-1-2-6-12(11)24-15/h1-7H,8-9,17H2,(H,18,19,23). The minimum Gasteiger partial charge on any atom is -0.423 e. The normalized spacial score (nSPS) is 11.1. The second-order valence-electron chi connectivity index (χ2n) is 5.35. The molecule has 1 aromatic carbocycles.